The van der Waals surface area contributed by atoms with Crippen molar-refractivity contribution in [3.8, 4) is 0 Å². The minimum absolute atomic E-state index is 0.258. The zero-order valence-corrected chi connectivity index (χ0v) is 13.6. The van der Waals surface area contributed by atoms with Gasteiger partial charge in [-0.3, -0.25) is 4.72 Å². The number of nitrogen functional groups attached to an aromatic ring is 1. The number of nitrogens with one attached hydrogen (secondary N) is 1. The predicted octanol–water partition coefficient (Wildman–Crippen LogP) is 3.51. The van der Waals surface area contributed by atoms with Crippen molar-refractivity contribution >= 4 is 48.7 Å². The molecule has 0 saturated carbocycles. The van der Waals surface area contributed by atoms with Crippen LogP contribution in [0.3, 0.4) is 0 Å². The van der Waals surface area contributed by atoms with Crippen molar-refractivity contribution in [1.82, 2.24) is 0 Å². The second kappa shape index (κ2) is 5.15. The Labute approximate surface area is 124 Å². The number of halogens is 1. The van der Waals surface area contributed by atoms with Crippen molar-refractivity contribution in [2.75, 3.05) is 10.5 Å². The van der Waals surface area contributed by atoms with Crippen LogP contribution in [0.1, 0.15) is 11.1 Å². The van der Waals surface area contributed by atoms with Gasteiger partial charge in [0.1, 0.15) is 0 Å². The molecule has 0 unspecified atom stereocenters. The zero-order chi connectivity index (χ0) is 14.2. The first-order valence-corrected chi connectivity index (χ1v) is 8.60. The molecule has 0 aliphatic rings. The number of rotatable bonds is 3. The average molecular weight is 361 g/mol. The molecule has 102 valence electrons. The van der Waals surface area contributed by atoms with E-state index in [9.17, 15) is 8.42 Å². The van der Waals surface area contributed by atoms with Gasteiger partial charge in [-0.25, -0.2) is 8.42 Å². The highest BCUT2D eigenvalue weighted by molar-refractivity contribution is 9.10. The fourth-order valence-electron chi connectivity index (χ4n) is 1.67. The summed E-state index contributed by atoms with van der Waals surface area (Å²) in [5.74, 6) is 0. The molecule has 0 aliphatic heterocycles. The Morgan fingerprint density at radius 3 is 2.53 bits per heavy atom. The highest BCUT2D eigenvalue weighted by atomic mass is 79.9. The lowest BCUT2D eigenvalue weighted by atomic mass is 10.1. The molecule has 0 amide bonds. The number of aryl methyl sites for hydroxylation is 1. The van der Waals surface area contributed by atoms with Gasteiger partial charge in [-0.1, -0.05) is 6.07 Å². The highest BCUT2D eigenvalue weighted by Gasteiger charge is 2.21. The van der Waals surface area contributed by atoms with Crippen LogP contribution in [-0.2, 0) is 10.0 Å². The van der Waals surface area contributed by atoms with E-state index >= 15 is 0 Å². The predicted molar refractivity (Wildman–Crippen MR) is 83.2 cm³/mol. The van der Waals surface area contributed by atoms with E-state index in [0.717, 1.165) is 22.5 Å². The number of thiophene rings is 1. The third kappa shape index (κ3) is 2.77. The molecule has 7 heteroatoms. The molecule has 2 aromatic rings. The Bertz CT molecular complexity index is 723. The number of benzene rings is 1. The first-order valence-electron chi connectivity index (χ1n) is 5.44. The number of nitrogens with two attached hydrogens (primary N) is 1. The molecule has 0 radical (unpaired) electrons. The number of sulfonamides is 1. The van der Waals surface area contributed by atoms with Crippen LogP contribution in [0.4, 0.5) is 11.4 Å². The van der Waals surface area contributed by atoms with Crippen molar-refractivity contribution in [3.63, 3.8) is 0 Å². The summed E-state index contributed by atoms with van der Waals surface area (Å²) >= 11 is 4.40. The fraction of sp³-hybridized carbons (Fsp3) is 0.167. The standard InChI is InChI=1S/C12H13BrN2O2S2/c1-7-3-4-10(14)8(2)11(7)15-19(16,17)12-9(13)5-6-18-12/h3-6,15H,14H2,1-2H3. The normalized spacial score (nSPS) is 11.5. The van der Waals surface area contributed by atoms with E-state index in [-0.39, 0.29) is 4.21 Å². The monoisotopic (exact) mass is 360 g/mol. The number of hydrogen-bond donors (Lipinski definition) is 2. The van der Waals surface area contributed by atoms with Gasteiger partial charge in [0.15, 0.2) is 4.21 Å². The van der Waals surface area contributed by atoms with E-state index in [1.165, 1.54) is 0 Å². The summed E-state index contributed by atoms with van der Waals surface area (Å²) in [4.78, 5) is 0. The van der Waals surface area contributed by atoms with Crippen LogP contribution in [0.15, 0.2) is 32.3 Å². The highest BCUT2D eigenvalue weighted by Crippen LogP contribution is 2.32. The van der Waals surface area contributed by atoms with Gasteiger partial charge in [0.05, 0.1) is 5.69 Å². The van der Waals surface area contributed by atoms with Crippen LogP contribution >= 0.6 is 27.3 Å². The quantitative estimate of drug-likeness (QED) is 0.822. The van der Waals surface area contributed by atoms with E-state index in [1.54, 1.807) is 30.5 Å². The van der Waals surface area contributed by atoms with Gasteiger partial charge in [-0.2, -0.15) is 0 Å². The summed E-state index contributed by atoms with van der Waals surface area (Å²) in [6.45, 7) is 3.64. The third-order valence-electron chi connectivity index (χ3n) is 2.78. The summed E-state index contributed by atoms with van der Waals surface area (Å²) in [6.07, 6.45) is 0. The Morgan fingerprint density at radius 2 is 1.95 bits per heavy atom. The van der Waals surface area contributed by atoms with Gasteiger partial charge >= 0.3 is 0 Å². The molecule has 2 rings (SSSR count). The van der Waals surface area contributed by atoms with Crippen LogP contribution in [0.2, 0.25) is 0 Å². The lowest BCUT2D eigenvalue weighted by Gasteiger charge is -2.14. The molecule has 0 bridgehead atoms. The minimum atomic E-state index is -3.60. The van der Waals surface area contributed by atoms with Gasteiger partial charge in [-0.15, -0.1) is 11.3 Å². The summed E-state index contributed by atoms with van der Waals surface area (Å²) < 4.78 is 28.1. The molecule has 0 fully saturated rings. The first kappa shape index (κ1) is 14.4. The SMILES string of the molecule is Cc1ccc(N)c(C)c1NS(=O)(=O)c1sccc1Br. The topological polar surface area (TPSA) is 72.2 Å². The summed E-state index contributed by atoms with van der Waals surface area (Å²) in [6, 6.07) is 5.27. The van der Waals surface area contributed by atoms with Crippen LogP contribution in [-0.4, -0.2) is 8.42 Å². The van der Waals surface area contributed by atoms with Crippen molar-refractivity contribution in [1.29, 1.82) is 0 Å². The Kier molecular flexibility index (Phi) is 3.89. The van der Waals surface area contributed by atoms with Gasteiger partial charge < -0.3 is 5.73 Å². The molecule has 0 spiro atoms. The maximum absolute atomic E-state index is 12.3. The van der Waals surface area contributed by atoms with E-state index in [2.05, 4.69) is 20.7 Å². The van der Waals surface area contributed by atoms with Crippen molar-refractivity contribution in [2.24, 2.45) is 0 Å². The molecule has 3 N–H and O–H groups in total. The molecule has 1 aromatic heterocycles. The van der Waals surface area contributed by atoms with E-state index in [4.69, 9.17) is 5.73 Å². The molecule has 0 atom stereocenters. The minimum Gasteiger partial charge on any atom is -0.398 e. The molecule has 1 heterocycles. The zero-order valence-electron chi connectivity index (χ0n) is 10.4. The average Bonchev–Trinajstić information content (AvgIpc) is 2.77. The second-order valence-electron chi connectivity index (χ2n) is 4.13. The van der Waals surface area contributed by atoms with Crippen molar-refractivity contribution in [2.45, 2.75) is 18.1 Å². The number of anilines is 2. The van der Waals surface area contributed by atoms with Gasteiger partial charge in [0.25, 0.3) is 10.0 Å². The molecule has 19 heavy (non-hydrogen) atoms. The van der Waals surface area contributed by atoms with Gasteiger partial charge in [-0.05, 0) is 58.4 Å². The maximum atomic E-state index is 12.3. The van der Waals surface area contributed by atoms with Gasteiger partial charge in [0.2, 0.25) is 0 Å². The van der Waals surface area contributed by atoms with Crippen LogP contribution < -0.4 is 10.5 Å². The second-order valence-corrected chi connectivity index (χ2v) is 7.78. The smallest absolute Gasteiger partial charge is 0.272 e. The fourth-order valence-corrected chi connectivity index (χ4v) is 5.21. The summed E-state index contributed by atoms with van der Waals surface area (Å²) in [5, 5.41) is 1.72. The maximum Gasteiger partial charge on any atom is 0.272 e. The summed E-state index contributed by atoms with van der Waals surface area (Å²) in [5.41, 5.74) is 8.49. The number of hydrogen-bond acceptors (Lipinski definition) is 4. The van der Waals surface area contributed by atoms with Crippen LogP contribution in [0, 0.1) is 13.8 Å². The molecule has 1 aromatic carbocycles. The Hall–Kier alpha value is -1.05. The van der Waals surface area contributed by atoms with E-state index in [1.807, 2.05) is 6.92 Å². The third-order valence-corrected chi connectivity index (χ3v) is 6.80. The first-order chi connectivity index (χ1) is 8.83. The molecular weight excluding hydrogens is 348 g/mol. The van der Waals surface area contributed by atoms with Crippen LogP contribution in [0.5, 0.6) is 0 Å². The van der Waals surface area contributed by atoms with Crippen LogP contribution in [0.25, 0.3) is 0 Å². The van der Waals surface area contributed by atoms with E-state index in [0.29, 0.717) is 15.8 Å². The van der Waals surface area contributed by atoms with Crippen molar-refractivity contribution in [3.05, 3.63) is 39.2 Å². The Morgan fingerprint density at radius 1 is 1.26 bits per heavy atom. The molecular formula is C12H13BrN2O2S2. The lowest BCUT2D eigenvalue weighted by Crippen LogP contribution is -2.14. The molecule has 0 aliphatic carbocycles. The Balaban J connectivity index is 2.48. The largest absolute Gasteiger partial charge is 0.398 e. The molecule has 4 nitrogen and oxygen atoms in total. The lowest BCUT2D eigenvalue weighted by molar-refractivity contribution is 0.602. The molecule has 0 saturated heterocycles. The summed E-state index contributed by atoms with van der Waals surface area (Å²) in [7, 11) is -3.60. The van der Waals surface area contributed by atoms with Crippen molar-refractivity contribution < 1.29 is 8.42 Å². The van der Waals surface area contributed by atoms with Gasteiger partial charge in [0, 0.05) is 10.2 Å². The van der Waals surface area contributed by atoms with E-state index < -0.39 is 10.0 Å².